The number of anilines is 1. The van der Waals surface area contributed by atoms with Crippen molar-refractivity contribution in [3.05, 3.63) is 100 Å². The van der Waals surface area contributed by atoms with E-state index in [2.05, 4.69) is 125 Å². The maximum absolute atomic E-state index is 2.58. The molecule has 0 spiro atoms. The van der Waals surface area contributed by atoms with E-state index >= 15 is 0 Å². The highest BCUT2D eigenvalue weighted by Gasteiger charge is 2.37. The van der Waals surface area contributed by atoms with Gasteiger partial charge in [-0.2, -0.15) is 0 Å². The first-order valence-electron chi connectivity index (χ1n) is 13.4. The Hall–Kier alpha value is -3.00. The van der Waals surface area contributed by atoms with Crippen molar-refractivity contribution >= 4 is 5.69 Å². The minimum absolute atomic E-state index is 0.160. The molecule has 0 aromatic heterocycles. The van der Waals surface area contributed by atoms with Crippen molar-refractivity contribution in [1.82, 2.24) is 4.90 Å². The van der Waals surface area contributed by atoms with Crippen LogP contribution in [0, 0.1) is 6.92 Å². The standard InChI is InChI=1S/C33H40N2/c1-8-24(7)34-18-19-35(33(34)28-13-10-9-12-23(28)6)32-27(22(4)5)17-16-25-20-30-26(21(2)3)14-11-15-29(30)31(25)32/h9-19,21-22,24,33H,8,20H2,1-7H3/t24-,33?/m0/s1. The van der Waals surface area contributed by atoms with Gasteiger partial charge in [-0.15, -0.1) is 0 Å². The molecule has 0 radical (unpaired) electrons. The van der Waals surface area contributed by atoms with Crippen LogP contribution in [0.15, 0.2) is 67.0 Å². The molecule has 1 aliphatic heterocycles. The fourth-order valence-electron chi connectivity index (χ4n) is 6.05. The molecule has 0 bridgehead atoms. The summed E-state index contributed by atoms with van der Waals surface area (Å²) in [6.45, 7) is 16.2. The second kappa shape index (κ2) is 9.22. The second-order valence-electron chi connectivity index (χ2n) is 11.0. The van der Waals surface area contributed by atoms with Crippen LogP contribution in [-0.4, -0.2) is 10.9 Å². The third-order valence-corrected chi connectivity index (χ3v) is 8.16. The van der Waals surface area contributed by atoms with E-state index < -0.39 is 0 Å². The molecule has 0 N–H and O–H groups in total. The SMILES string of the molecule is CC[C@H](C)N1C=CN(c2c(C(C)C)ccc3c2-c2cccc(C(C)C)c2C3)C1c1ccccc1C. The summed E-state index contributed by atoms with van der Waals surface area (Å²) >= 11 is 0. The summed E-state index contributed by atoms with van der Waals surface area (Å²) in [6, 6.07) is 21.1. The molecule has 1 unspecified atom stereocenters. The van der Waals surface area contributed by atoms with E-state index in [9.17, 15) is 0 Å². The quantitative estimate of drug-likeness (QED) is 0.281. The number of aryl methyl sites for hydroxylation is 1. The average Bonchev–Trinajstić information content (AvgIpc) is 3.44. The van der Waals surface area contributed by atoms with Crippen LogP contribution in [-0.2, 0) is 6.42 Å². The Morgan fingerprint density at radius 3 is 2.26 bits per heavy atom. The van der Waals surface area contributed by atoms with Crippen molar-refractivity contribution < 1.29 is 0 Å². The summed E-state index contributed by atoms with van der Waals surface area (Å²) in [6.07, 6.45) is 6.98. The molecule has 182 valence electrons. The predicted octanol–water partition coefficient (Wildman–Crippen LogP) is 8.90. The lowest BCUT2D eigenvalue weighted by atomic mass is 9.91. The third-order valence-electron chi connectivity index (χ3n) is 8.16. The molecule has 0 fully saturated rings. The van der Waals surface area contributed by atoms with Gasteiger partial charge in [0.05, 0.1) is 5.69 Å². The van der Waals surface area contributed by atoms with E-state index in [1.54, 1.807) is 0 Å². The Bertz CT molecular complexity index is 1270. The minimum atomic E-state index is 0.160. The van der Waals surface area contributed by atoms with Gasteiger partial charge in [-0.3, -0.25) is 0 Å². The Morgan fingerprint density at radius 1 is 0.829 bits per heavy atom. The summed E-state index contributed by atoms with van der Waals surface area (Å²) in [5, 5.41) is 0. The number of rotatable bonds is 6. The van der Waals surface area contributed by atoms with E-state index in [-0.39, 0.29) is 6.17 Å². The van der Waals surface area contributed by atoms with Gasteiger partial charge in [0.2, 0.25) is 0 Å². The van der Waals surface area contributed by atoms with Gasteiger partial charge >= 0.3 is 0 Å². The smallest absolute Gasteiger partial charge is 0.132 e. The normalized spacial score (nSPS) is 17.5. The topological polar surface area (TPSA) is 6.48 Å². The molecular weight excluding hydrogens is 424 g/mol. The largest absolute Gasteiger partial charge is 0.349 e. The average molecular weight is 465 g/mol. The molecule has 3 aromatic rings. The van der Waals surface area contributed by atoms with Gasteiger partial charge in [-0.25, -0.2) is 0 Å². The van der Waals surface area contributed by atoms with Crippen molar-refractivity contribution in [2.75, 3.05) is 4.90 Å². The van der Waals surface area contributed by atoms with E-state index in [0.717, 1.165) is 12.8 Å². The van der Waals surface area contributed by atoms with Crippen LogP contribution in [0.1, 0.15) is 99.3 Å². The zero-order chi connectivity index (χ0) is 24.9. The second-order valence-corrected chi connectivity index (χ2v) is 11.0. The molecule has 0 amide bonds. The van der Waals surface area contributed by atoms with Crippen molar-refractivity contribution in [3.8, 4) is 11.1 Å². The van der Waals surface area contributed by atoms with E-state index in [1.807, 2.05) is 0 Å². The Labute approximate surface area is 212 Å². The van der Waals surface area contributed by atoms with Gasteiger partial charge in [0, 0.05) is 24.0 Å². The first-order valence-corrected chi connectivity index (χ1v) is 13.4. The van der Waals surface area contributed by atoms with Crippen LogP contribution in [0.25, 0.3) is 11.1 Å². The van der Waals surface area contributed by atoms with Gasteiger partial charge in [-0.05, 0) is 77.5 Å². The van der Waals surface area contributed by atoms with Crippen LogP contribution >= 0.6 is 0 Å². The van der Waals surface area contributed by atoms with Crippen molar-refractivity contribution in [2.24, 2.45) is 0 Å². The lowest BCUT2D eigenvalue weighted by Crippen LogP contribution is -2.37. The molecule has 2 aliphatic rings. The van der Waals surface area contributed by atoms with Gasteiger partial charge in [0.25, 0.3) is 0 Å². The van der Waals surface area contributed by atoms with Crippen LogP contribution in [0.2, 0.25) is 0 Å². The predicted molar refractivity (Wildman–Crippen MR) is 150 cm³/mol. The van der Waals surface area contributed by atoms with Crippen molar-refractivity contribution in [1.29, 1.82) is 0 Å². The highest BCUT2D eigenvalue weighted by atomic mass is 15.4. The maximum atomic E-state index is 2.58. The van der Waals surface area contributed by atoms with Crippen molar-refractivity contribution in [2.45, 2.75) is 85.4 Å². The number of hydrogen-bond acceptors (Lipinski definition) is 2. The Morgan fingerprint density at radius 2 is 1.57 bits per heavy atom. The molecule has 3 aromatic carbocycles. The number of benzene rings is 3. The zero-order valence-electron chi connectivity index (χ0n) is 22.5. The molecule has 5 rings (SSSR count). The van der Waals surface area contributed by atoms with Crippen LogP contribution in [0.5, 0.6) is 0 Å². The lowest BCUT2D eigenvalue weighted by Gasteiger charge is -2.39. The molecule has 2 heteroatoms. The van der Waals surface area contributed by atoms with Crippen LogP contribution < -0.4 is 4.90 Å². The highest BCUT2D eigenvalue weighted by Crippen LogP contribution is 2.51. The van der Waals surface area contributed by atoms with E-state index in [0.29, 0.717) is 17.9 Å². The van der Waals surface area contributed by atoms with Crippen molar-refractivity contribution in [3.63, 3.8) is 0 Å². The molecule has 2 nitrogen and oxygen atoms in total. The first-order chi connectivity index (χ1) is 16.8. The number of hydrogen-bond donors (Lipinski definition) is 0. The molecule has 2 atom stereocenters. The maximum Gasteiger partial charge on any atom is 0.132 e. The first kappa shape index (κ1) is 23.7. The molecule has 0 saturated heterocycles. The summed E-state index contributed by atoms with van der Waals surface area (Å²) in [5.41, 5.74) is 12.9. The van der Waals surface area contributed by atoms with Crippen LogP contribution in [0.3, 0.4) is 0 Å². The molecule has 1 aliphatic carbocycles. The number of fused-ring (bicyclic) bond motifs is 3. The van der Waals surface area contributed by atoms with Gasteiger partial charge in [0.15, 0.2) is 0 Å². The molecule has 0 saturated carbocycles. The molecular formula is C33H40N2. The monoisotopic (exact) mass is 464 g/mol. The minimum Gasteiger partial charge on any atom is -0.349 e. The van der Waals surface area contributed by atoms with E-state index in [1.165, 1.54) is 50.2 Å². The molecule has 35 heavy (non-hydrogen) atoms. The fraction of sp³-hybridized carbons (Fsp3) is 0.394. The van der Waals surface area contributed by atoms with Gasteiger partial charge in [0.1, 0.15) is 6.17 Å². The lowest BCUT2D eigenvalue weighted by molar-refractivity contribution is 0.231. The van der Waals surface area contributed by atoms with Crippen LogP contribution in [0.4, 0.5) is 5.69 Å². The number of nitrogens with zero attached hydrogens (tertiary/aromatic N) is 2. The third kappa shape index (κ3) is 3.88. The fourth-order valence-corrected chi connectivity index (χ4v) is 6.05. The summed E-state index contributed by atoms with van der Waals surface area (Å²) in [5.74, 6) is 0.968. The van der Waals surface area contributed by atoms with Gasteiger partial charge < -0.3 is 9.80 Å². The zero-order valence-corrected chi connectivity index (χ0v) is 22.5. The Kier molecular flexibility index (Phi) is 6.25. The summed E-state index contributed by atoms with van der Waals surface area (Å²) < 4.78 is 0. The molecule has 1 heterocycles. The summed E-state index contributed by atoms with van der Waals surface area (Å²) in [4.78, 5) is 5.14. The highest BCUT2D eigenvalue weighted by molar-refractivity contribution is 5.91. The van der Waals surface area contributed by atoms with Gasteiger partial charge in [-0.1, -0.05) is 89.2 Å². The summed E-state index contributed by atoms with van der Waals surface area (Å²) in [7, 11) is 0. The van der Waals surface area contributed by atoms with E-state index in [4.69, 9.17) is 0 Å². The Balaban J connectivity index is 1.76.